The second kappa shape index (κ2) is 6.86. The molecule has 0 aromatic carbocycles. The Morgan fingerprint density at radius 2 is 2.10 bits per heavy atom. The smallest absolute Gasteiger partial charge is 0.313 e. The van der Waals surface area contributed by atoms with E-state index in [1.54, 1.807) is 0 Å². The van der Waals surface area contributed by atoms with Crippen LogP contribution in [0.4, 0.5) is 0 Å². The molecular formula is C16H26N2O2S. The van der Waals surface area contributed by atoms with E-state index < -0.39 is 5.97 Å². The quantitative estimate of drug-likeness (QED) is 0.809. The molecule has 4 nitrogen and oxygen atoms in total. The first kappa shape index (κ1) is 16.4. The maximum atomic E-state index is 10.8. The van der Waals surface area contributed by atoms with Crippen molar-refractivity contribution < 1.29 is 9.90 Å². The van der Waals surface area contributed by atoms with Gasteiger partial charge in [-0.2, -0.15) is 0 Å². The minimum absolute atomic E-state index is 0.0324. The molecule has 0 radical (unpaired) electrons. The molecule has 1 aromatic rings. The van der Waals surface area contributed by atoms with E-state index in [9.17, 15) is 4.79 Å². The van der Waals surface area contributed by atoms with Gasteiger partial charge in [-0.25, -0.2) is 4.98 Å². The van der Waals surface area contributed by atoms with Gasteiger partial charge in [0.2, 0.25) is 0 Å². The van der Waals surface area contributed by atoms with Crippen molar-refractivity contribution in [2.45, 2.75) is 70.0 Å². The summed E-state index contributed by atoms with van der Waals surface area (Å²) in [4.78, 5) is 15.3. The number of aromatic nitrogens is 2. The normalized spacial score (nSPS) is 16.5. The van der Waals surface area contributed by atoms with E-state index in [1.807, 2.05) is 6.20 Å². The Kier molecular flexibility index (Phi) is 5.36. The van der Waals surface area contributed by atoms with Crippen molar-refractivity contribution in [3.05, 3.63) is 11.9 Å². The lowest BCUT2D eigenvalue weighted by Gasteiger charge is -2.22. The fraction of sp³-hybridized carbons (Fsp3) is 0.750. The number of hydrogen-bond acceptors (Lipinski definition) is 3. The molecule has 2 rings (SSSR count). The van der Waals surface area contributed by atoms with Crippen molar-refractivity contribution in [2.75, 3.05) is 5.75 Å². The van der Waals surface area contributed by atoms with E-state index in [0.717, 1.165) is 17.6 Å². The topological polar surface area (TPSA) is 55.1 Å². The highest BCUT2D eigenvalue weighted by Crippen LogP contribution is 2.31. The van der Waals surface area contributed by atoms with Crippen molar-refractivity contribution in [3.63, 3.8) is 0 Å². The van der Waals surface area contributed by atoms with Crippen molar-refractivity contribution in [1.82, 2.24) is 9.55 Å². The monoisotopic (exact) mass is 310 g/mol. The predicted molar refractivity (Wildman–Crippen MR) is 85.9 cm³/mol. The number of imidazole rings is 1. The lowest BCUT2D eigenvalue weighted by Crippen LogP contribution is -2.19. The number of carboxylic acids is 1. The number of carboxylic acid groups (broad SMARTS) is 1. The zero-order chi connectivity index (χ0) is 15.5. The molecule has 0 bridgehead atoms. The highest BCUT2D eigenvalue weighted by atomic mass is 32.2. The highest BCUT2D eigenvalue weighted by molar-refractivity contribution is 7.99. The Hall–Kier alpha value is -0.970. The average molecular weight is 310 g/mol. The van der Waals surface area contributed by atoms with Crippen LogP contribution in [0.2, 0.25) is 0 Å². The van der Waals surface area contributed by atoms with Crippen LogP contribution >= 0.6 is 11.8 Å². The fourth-order valence-electron chi connectivity index (χ4n) is 3.03. The lowest BCUT2D eigenvalue weighted by atomic mass is 9.92. The van der Waals surface area contributed by atoms with Gasteiger partial charge in [-0.05, 0) is 12.3 Å². The number of carbonyl (C=O) groups is 1. The maximum absolute atomic E-state index is 10.8. The van der Waals surface area contributed by atoms with Gasteiger partial charge >= 0.3 is 5.97 Å². The third kappa shape index (κ3) is 4.50. The van der Waals surface area contributed by atoms with Gasteiger partial charge in [-0.1, -0.05) is 58.2 Å². The molecule has 1 N–H and O–H groups in total. The molecule has 0 aliphatic heterocycles. The molecule has 0 unspecified atom stereocenters. The van der Waals surface area contributed by atoms with Crippen LogP contribution < -0.4 is 0 Å². The Bertz CT molecular complexity index is 485. The SMILES string of the molecule is CC(C)(C)c1cnc(SCC(=O)O)n1CCC1CCCC1. The molecule has 1 aliphatic rings. The molecule has 21 heavy (non-hydrogen) atoms. The fourth-order valence-corrected chi connectivity index (χ4v) is 3.75. The first-order chi connectivity index (χ1) is 9.88. The Morgan fingerprint density at radius 3 is 2.67 bits per heavy atom. The molecular weight excluding hydrogens is 284 g/mol. The van der Waals surface area contributed by atoms with Gasteiger partial charge in [0.25, 0.3) is 0 Å². The third-order valence-electron chi connectivity index (χ3n) is 4.15. The molecule has 1 saturated carbocycles. The summed E-state index contributed by atoms with van der Waals surface area (Å²) in [5, 5.41) is 9.72. The van der Waals surface area contributed by atoms with E-state index in [1.165, 1.54) is 49.6 Å². The van der Waals surface area contributed by atoms with E-state index >= 15 is 0 Å². The van der Waals surface area contributed by atoms with Gasteiger partial charge in [0, 0.05) is 23.9 Å². The minimum Gasteiger partial charge on any atom is -0.481 e. The van der Waals surface area contributed by atoms with Crippen LogP contribution in [0, 0.1) is 5.92 Å². The predicted octanol–water partition coefficient (Wildman–Crippen LogP) is 3.94. The summed E-state index contributed by atoms with van der Waals surface area (Å²) in [6.07, 6.45) is 8.51. The molecule has 1 aromatic heterocycles. The number of thioether (sulfide) groups is 1. The molecule has 0 saturated heterocycles. The average Bonchev–Trinajstić information content (AvgIpc) is 3.02. The summed E-state index contributed by atoms with van der Waals surface area (Å²) in [6, 6.07) is 0. The summed E-state index contributed by atoms with van der Waals surface area (Å²) >= 11 is 1.33. The largest absolute Gasteiger partial charge is 0.481 e. The van der Waals surface area contributed by atoms with Crippen LogP contribution in [-0.2, 0) is 16.8 Å². The Balaban J connectivity index is 2.12. The van der Waals surface area contributed by atoms with Gasteiger partial charge in [0.15, 0.2) is 5.16 Å². The van der Waals surface area contributed by atoms with Crippen molar-refractivity contribution in [3.8, 4) is 0 Å². The van der Waals surface area contributed by atoms with Crippen LogP contribution in [0.25, 0.3) is 0 Å². The highest BCUT2D eigenvalue weighted by Gasteiger charge is 2.23. The van der Waals surface area contributed by atoms with Gasteiger partial charge in [-0.15, -0.1) is 0 Å². The molecule has 0 atom stereocenters. The lowest BCUT2D eigenvalue weighted by molar-refractivity contribution is -0.133. The zero-order valence-corrected chi connectivity index (χ0v) is 14.1. The second-order valence-electron chi connectivity index (χ2n) is 6.95. The van der Waals surface area contributed by atoms with Crippen molar-refractivity contribution in [2.24, 2.45) is 5.92 Å². The van der Waals surface area contributed by atoms with Crippen molar-refractivity contribution >= 4 is 17.7 Å². The molecule has 1 fully saturated rings. The summed E-state index contributed by atoms with van der Waals surface area (Å²) in [7, 11) is 0. The van der Waals surface area contributed by atoms with Gasteiger partial charge in [0.05, 0.1) is 5.75 Å². The molecule has 1 aliphatic carbocycles. The number of nitrogens with zero attached hydrogens (tertiary/aromatic N) is 2. The summed E-state index contributed by atoms with van der Waals surface area (Å²) in [5.41, 5.74) is 1.23. The van der Waals surface area contributed by atoms with Crippen LogP contribution in [0.15, 0.2) is 11.4 Å². The Morgan fingerprint density at radius 1 is 1.43 bits per heavy atom. The first-order valence-electron chi connectivity index (χ1n) is 7.78. The van der Waals surface area contributed by atoms with E-state index in [-0.39, 0.29) is 11.2 Å². The van der Waals surface area contributed by atoms with Crippen molar-refractivity contribution in [1.29, 1.82) is 0 Å². The minimum atomic E-state index is -0.789. The summed E-state index contributed by atoms with van der Waals surface area (Å²) in [5.74, 6) is 0.115. The number of hydrogen-bond donors (Lipinski definition) is 1. The molecule has 1 heterocycles. The standard InChI is InChI=1S/C16H26N2O2S/c1-16(2,3)13-10-17-15(21-11-14(19)20)18(13)9-8-12-6-4-5-7-12/h10,12H,4-9,11H2,1-3H3,(H,19,20). The molecule has 0 spiro atoms. The molecule has 5 heteroatoms. The van der Waals surface area contributed by atoms with Crippen LogP contribution in [0.5, 0.6) is 0 Å². The molecule has 118 valence electrons. The number of rotatable bonds is 6. The van der Waals surface area contributed by atoms with E-state index in [0.29, 0.717) is 0 Å². The van der Waals surface area contributed by atoms with E-state index in [4.69, 9.17) is 5.11 Å². The number of aliphatic carboxylic acids is 1. The second-order valence-corrected chi connectivity index (χ2v) is 7.89. The van der Waals surface area contributed by atoms with Crippen LogP contribution in [-0.4, -0.2) is 26.4 Å². The first-order valence-corrected chi connectivity index (χ1v) is 8.77. The Labute approximate surface area is 131 Å². The third-order valence-corrected chi connectivity index (χ3v) is 5.12. The maximum Gasteiger partial charge on any atom is 0.313 e. The molecule has 0 amide bonds. The zero-order valence-electron chi connectivity index (χ0n) is 13.3. The summed E-state index contributed by atoms with van der Waals surface area (Å²) < 4.78 is 2.24. The van der Waals surface area contributed by atoms with Gasteiger partial charge in [0.1, 0.15) is 0 Å². The van der Waals surface area contributed by atoms with E-state index in [2.05, 4.69) is 30.3 Å². The summed E-state index contributed by atoms with van der Waals surface area (Å²) in [6.45, 7) is 7.50. The van der Waals surface area contributed by atoms with Gasteiger partial charge < -0.3 is 9.67 Å². The van der Waals surface area contributed by atoms with Gasteiger partial charge in [-0.3, -0.25) is 4.79 Å². The van der Waals surface area contributed by atoms with Crippen LogP contribution in [0.1, 0.15) is 58.6 Å². The van der Waals surface area contributed by atoms with Crippen LogP contribution in [0.3, 0.4) is 0 Å².